The van der Waals surface area contributed by atoms with Crippen LogP contribution >= 0.6 is 15.9 Å². The average Bonchev–Trinajstić information content (AvgIpc) is 2.72. The van der Waals surface area contributed by atoms with Gasteiger partial charge in [0, 0.05) is 34.9 Å². The van der Waals surface area contributed by atoms with E-state index in [1.54, 1.807) is 6.92 Å². The Morgan fingerprint density at radius 1 is 1.22 bits per heavy atom. The molecule has 3 atom stereocenters. The fraction of sp³-hybridized carbons (Fsp3) is 0.375. The quantitative estimate of drug-likeness (QED) is 0.555. The summed E-state index contributed by atoms with van der Waals surface area (Å²) >= 11 is 3.61. The number of fused-ring (bicyclic) bond motifs is 1. The minimum atomic E-state index is -0.150. The molecule has 2 N–H and O–H groups in total. The number of hydrogen-bond donors (Lipinski definition) is 2. The molecule has 2 heterocycles. The predicted molar refractivity (Wildman–Crippen MR) is 129 cm³/mol. The van der Waals surface area contributed by atoms with Gasteiger partial charge in [-0.05, 0) is 69.7 Å². The van der Waals surface area contributed by atoms with Crippen molar-refractivity contribution in [2.75, 3.05) is 18.4 Å². The summed E-state index contributed by atoms with van der Waals surface area (Å²) in [7, 11) is 0. The number of hydrogen-bond acceptors (Lipinski definition) is 5. The molecule has 8 heteroatoms. The van der Waals surface area contributed by atoms with Crippen molar-refractivity contribution in [3.05, 3.63) is 68.2 Å². The Kier molecular flexibility index (Phi) is 6.35. The minimum Gasteiger partial charge on any atom is -0.378 e. The van der Waals surface area contributed by atoms with E-state index in [2.05, 4.69) is 31.2 Å². The number of aromatic amines is 1. The molecule has 0 bridgehead atoms. The lowest BCUT2D eigenvalue weighted by atomic mass is 10.0. The third kappa shape index (κ3) is 4.71. The predicted octanol–water partition coefficient (Wildman–Crippen LogP) is 4.42. The first-order valence-corrected chi connectivity index (χ1v) is 11.5. The second-order valence-electron chi connectivity index (χ2n) is 8.45. The number of benzene rings is 2. The van der Waals surface area contributed by atoms with Crippen molar-refractivity contribution in [2.24, 2.45) is 0 Å². The van der Waals surface area contributed by atoms with Gasteiger partial charge in [0.1, 0.15) is 5.82 Å². The van der Waals surface area contributed by atoms with E-state index < -0.39 is 0 Å². The third-order valence-electron chi connectivity index (χ3n) is 5.63. The van der Waals surface area contributed by atoms with Crippen molar-refractivity contribution < 1.29 is 9.53 Å². The summed E-state index contributed by atoms with van der Waals surface area (Å²) in [5.41, 5.74) is 3.00. The molecule has 0 saturated carbocycles. The van der Waals surface area contributed by atoms with Crippen LogP contribution in [-0.2, 0) is 4.74 Å². The lowest BCUT2D eigenvalue weighted by molar-refractivity contribution is -0.0586. The lowest BCUT2D eigenvalue weighted by Crippen LogP contribution is -2.48. The molecule has 1 fully saturated rings. The number of aromatic nitrogens is 2. The smallest absolute Gasteiger partial charge is 0.258 e. The molecule has 3 aromatic rings. The number of carbonyl (C=O) groups is 1. The summed E-state index contributed by atoms with van der Waals surface area (Å²) in [6.45, 7) is 8.97. The highest BCUT2D eigenvalue weighted by Crippen LogP contribution is 2.29. The maximum absolute atomic E-state index is 12.9. The Hall–Kier alpha value is -2.71. The van der Waals surface area contributed by atoms with Crippen LogP contribution in [0.1, 0.15) is 48.6 Å². The standard InChI is InChI=1S/C24H27BrN4O3/c1-13-11-29(12-14(2)32-13)24(31)17-5-7-18(8-6-17)26-15(3)19-9-20-22(10-21(19)25)27-16(4)28-23(20)30/h5-10,13-15,26H,11-12H2,1-4H3,(H,27,28,30)/t13-,14+,15?. The second-order valence-corrected chi connectivity index (χ2v) is 9.31. The Labute approximate surface area is 195 Å². The van der Waals surface area contributed by atoms with Crippen molar-refractivity contribution in [3.63, 3.8) is 0 Å². The normalized spacial score (nSPS) is 19.7. The molecule has 1 aromatic heterocycles. The molecule has 2 aromatic carbocycles. The van der Waals surface area contributed by atoms with Crippen LogP contribution in [0.15, 0.2) is 45.7 Å². The van der Waals surface area contributed by atoms with Gasteiger partial charge in [-0.15, -0.1) is 0 Å². The summed E-state index contributed by atoms with van der Waals surface area (Å²) in [6.07, 6.45) is 0.0764. The molecule has 32 heavy (non-hydrogen) atoms. The van der Waals surface area contributed by atoms with Crippen LogP contribution in [0.2, 0.25) is 0 Å². The Morgan fingerprint density at radius 2 is 1.88 bits per heavy atom. The van der Waals surface area contributed by atoms with Crippen molar-refractivity contribution in [3.8, 4) is 0 Å². The van der Waals surface area contributed by atoms with E-state index in [9.17, 15) is 9.59 Å². The number of anilines is 1. The summed E-state index contributed by atoms with van der Waals surface area (Å²) in [5, 5.41) is 4.00. The molecule has 0 spiro atoms. The summed E-state index contributed by atoms with van der Waals surface area (Å²) in [4.78, 5) is 34.2. The molecule has 1 unspecified atom stereocenters. The van der Waals surface area contributed by atoms with E-state index in [1.165, 1.54) is 0 Å². The molecule has 1 aliphatic heterocycles. The van der Waals surface area contributed by atoms with Crippen molar-refractivity contribution in [2.45, 2.75) is 45.9 Å². The fourth-order valence-electron chi connectivity index (χ4n) is 4.19. The van der Waals surface area contributed by atoms with Gasteiger partial charge in [0.2, 0.25) is 0 Å². The van der Waals surface area contributed by atoms with Crippen molar-refractivity contribution in [1.29, 1.82) is 0 Å². The number of halogens is 1. The number of morpholine rings is 1. The topological polar surface area (TPSA) is 87.3 Å². The number of aryl methyl sites for hydroxylation is 1. The van der Waals surface area contributed by atoms with Gasteiger partial charge >= 0.3 is 0 Å². The molecule has 7 nitrogen and oxygen atoms in total. The summed E-state index contributed by atoms with van der Waals surface area (Å²) < 4.78 is 6.60. The summed E-state index contributed by atoms with van der Waals surface area (Å²) in [6, 6.07) is 11.2. The molecule has 4 rings (SSSR count). The molecule has 1 saturated heterocycles. The average molecular weight is 499 g/mol. The molecular formula is C24H27BrN4O3. The van der Waals surface area contributed by atoms with E-state index in [1.807, 2.05) is 62.1 Å². The zero-order valence-electron chi connectivity index (χ0n) is 18.6. The Morgan fingerprint density at radius 3 is 2.53 bits per heavy atom. The van der Waals surface area contributed by atoms with Crippen LogP contribution in [0, 0.1) is 6.92 Å². The van der Waals surface area contributed by atoms with Crippen LogP contribution < -0.4 is 10.9 Å². The number of H-pyrrole nitrogens is 1. The number of rotatable bonds is 4. The molecule has 0 radical (unpaired) electrons. The van der Waals surface area contributed by atoms with E-state index in [0.29, 0.717) is 35.4 Å². The number of carbonyl (C=O) groups excluding carboxylic acids is 1. The molecule has 0 aliphatic carbocycles. The van der Waals surface area contributed by atoms with Gasteiger partial charge in [-0.25, -0.2) is 4.98 Å². The monoisotopic (exact) mass is 498 g/mol. The molecular weight excluding hydrogens is 472 g/mol. The van der Waals surface area contributed by atoms with Crippen LogP contribution in [0.4, 0.5) is 5.69 Å². The SMILES string of the molecule is Cc1nc2cc(Br)c(C(C)Nc3ccc(C(=O)N4C[C@@H](C)O[C@@H](C)C4)cc3)cc2c(=O)[nH]1. The minimum absolute atomic E-state index is 0.0193. The van der Waals surface area contributed by atoms with Gasteiger partial charge in [0.05, 0.1) is 23.1 Å². The van der Waals surface area contributed by atoms with Gasteiger partial charge < -0.3 is 19.9 Å². The van der Waals surface area contributed by atoms with Crippen molar-refractivity contribution >= 4 is 38.4 Å². The van der Waals surface area contributed by atoms with Gasteiger partial charge in [-0.2, -0.15) is 0 Å². The number of amides is 1. The van der Waals surface area contributed by atoms with E-state index >= 15 is 0 Å². The van der Waals surface area contributed by atoms with Crippen LogP contribution in [0.5, 0.6) is 0 Å². The van der Waals surface area contributed by atoms with E-state index in [4.69, 9.17) is 4.74 Å². The molecule has 1 amide bonds. The Balaban J connectivity index is 1.50. The van der Waals surface area contributed by atoms with E-state index in [0.717, 1.165) is 15.7 Å². The second kappa shape index (κ2) is 9.03. The Bertz CT molecular complexity index is 1200. The lowest BCUT2D eigenvalue weighted by Gasteiger charge is -2.35. The molecule has 1 aliphatic rings. The van der Waals surface area contributed by atoms with Crippen LogP contribution in [0.3, 0.4) is 0 Å². The zero-order valence-corrected chi connectivity index (χ0v) is 20.2. The highest BCUT2D eigenvalue weighted by molar-refractivity contribution is 9.10. The maximum Gasteiger partial charge on any atom is 0.258 e. The van der Waals surface area contributed by atoms with E-state index in [-0.39, 0.29) is 29.7 Å². The largest absolute Gasteiger partial charge is 0.378 e. The van der Waals surface area contributed by atoms with Crippen LogP contribution in [0.25, 0.3) is 10.9 Å². The number of nitrogens with one attached hydrogen (secondary N) is 2. The first kappa shape index (κ1) is 22.5. The van der Waals surface area contributed by atoms with Crippen molar-refractivity contribution in [1.82, 2.24) is 14.9 Å². The number of nitrogens with zero attached hydrogens (tertiary/aromatic N) is 2. The van der Waals surface area contributed by atoms with Gasteiger partial charge in [0.25, 0.3) is 11.5 Å². The first-order chi connectivity index (χ1) is 15.2. The summed E-state index contributed by atoms with van der Waals surface area (Å²) in [5.74, 6) is 0.606. The third-order valence-corrected chi connectivity index (χ3v) is 6.32. The maximum atomic E-state index is 12.9. The highest BCUT2D eigenvalue weighted by atomic mass is 79.9. The molecule has 168 valence electrons. The van der Waals surface area contributed by atoms with Gasteiger partial charge in [-0.3, -0.25) is 9.59 Å². The van der Waals surface area contributed by atoms with Gasteiger partial charge in [-0.1, -0.05) is 15.9 Å². The zero-order chi connectivity index (χ0) is 23.0. The van der Waals surface area contributed by atoms with Gasteiger partial charge in [0.15, 0.2) is 0 Å². The van der Waals surface area contributed by atoms with Crippen LogP contribution in [-0.4, -0.2) is 46.1 Å². The number of ether oxygens (including phenoxy) is 1. The highest BCUT2D eigenvalue weighted by Gasteiger charge is 2.26. The fourth-order valence-corrected chi connectivity index (χ4v) is 4.86. The first-order valence-electron chi connectivity index (χ1n) is 10.7.